The van der Waals surface area contributed by atoms with Gasteiger partial charge in [0.1, 0.15) is 5.75 Å². The number of ether oxygens (including phenoxy) is 1. The Morgan fingerprint density at radius 1 is 1.15 bits per heavy atom. The van der Waals surface area contributed by atoms with Crippen LogP contribution in [-0.4, -0.2) is 75.2 Å². The Bertz CT molecular complexity index is 529. The van der Waals surface area contributed by atoms with Crippen LogP contribution < -0.4 is 15.4 Å². The monoisotopic (exact) mass is 475 g/mol. The molecule has 1 atom stereocenters. The number of halogens is 1. The summed E-state index contributed by atoms with van der Waals surface area (Å²) in [4.78, 5) is 9.62. The standard InChI is InChI=1S/C19H33N5O.HI/c1-5-20-19(22-15-17-6-8-18(25-4)9-7-17)21-14-16(2)24-12-10-23(3)11-13-24;/h6-9,16H,5,10-15H2,1-4H3,(H2,20,21,22);1H. The van der Waals surface area contributed by atoms with Gasteiger partial charge in [0.25, 0.3) is 0 Å². The lowest BCUT2D eigenvalue weighted by molar-refractivity contribution is 0.120. The Kier molecular flexibility index (Phi) is 10.9. The van der Waals surface area contributed by atoms with Gasteiger partial charge in [0.05, 0.1) is 13.7 Å². The van der Waals surface area contributed by atoms with Gasteiger partial charge in [-0.3, -0.25) is 4.90 Å². The largest absolute Gasteiger partial charge is 0.497 e. The predicted molar refractivity (Wildman–Crippen MR) is 120 cm³/mol. The van der Waals surface area contributed by atoms with E-state index in [1.807, 2.05) is 12.1 Å². The van der Waals surface area contributed by atoms with Crippen LogP contribution in [0.5, 0.6) is 5.75 Å². The molecule has 0 spiro atoms. The lowest BCUT2D eigenvalue weighted by Gasteiger charge is -2.36. The minimum atomic E-state index is 0. The van der Waals surface area contributed by atoms with E-state index in [0.29, 0.717) is 12.6 Å². The average Bonchev–Trinajstić information content (AvgIpc) is 2.64. The molecule has 0 amide bonds. The van der Waals surface area contributed by atoms with Crippen molar-refractivity contribution in [2.45, 2.75) is 26.4 Å². The van der Waals surface area contributed by atoms with Crippen molar-refractivity contribution in [2.75, 3.05) is 53.4 Å². The van der Waals surface area contributed by atoms with Crippen LogP contribution in [0.3, 0.4) is 0 Å². The third kappa shape index (κ3) is 7.67. The van der Waals surface area contributed by atoms with Gasteiger partial charge in [0.2, 0.25) is 0 Å². The Balaban J connectivity index is 0.00000338. The zero-order valence-electron chi connectivity index (χ0n) is 16.5. The molecule has 0 saturated carbocycles. The summed E-state index contributed by atoms with van der Waals surface area (Å²) in [5.41, 5.74) is 1.17. The van der Waals surface area contributed by atoms with Gasteiger partial charge in [-0.1, -0.05) is 12.1 Å². The van der Waals surface area contributed by atoms with Crippen LogP contribution in [0.15, 0.2) is 29.3 Å². The van der Waals surface area contributed by atoms with E-state index in [0.717, 1.165) is 51.0 Å². The van der Waals surface area contributed by atoms with E-state index in [4.69, 9.17) is 9.73 Å². The van der Waals surface area contributed by atoms with Crippen molar-refractivity contribution in [3.05, 3.63) is 29.8 Å². The van der Waals surface area contributed by atoms with E-state index in [1.165, 1.54) is 5.56 Å². The topological polar surface area (TPSA) is 52.1 Å². The van der Waals surface area contributed by atoms with Crippen LogP contribution in [0.1, 0.15) is 19.4 Å². The van der Waals surface area contributed by atoms with Crippen LogP contribution in [0.2, 0.25) is 0 Å². The molecule has 0 aliphatic carbocycles. The van der Waals surface area contributed by atoms with Gasteiger partial charge >= 0.3 is 0 Å². The molecule has 1 heterocycles. The van der Waals surface area contributed by atoms with Crippen molar-refractivity contribution in [3.8, 4) is 5.75 Å². The van der Waals surface area contributed by atoms with Crippen LogP contribution >= 0.6 is 24.0 Å². The van der Waals surface area contributed by atoms with Gasteiger partial charge in [-0.2, -0.15) is 0 Å². The highest BCUT2D eigenvalue weighted by Crippen LogP contribution is 2.11. The number of benzene rings is 1. The lowest BCUT2D eigenvalue weighted by atomic mass is 10.2. The molecular formula is C19H34IN5O. The molecule has 0 aromatic heterocycles. The number of rotatable bonds is 7. The highest BCUT2D eigenvalue weighted by atomic mass is 127. The molecular weight excluding hydrogens is 441 g/mol. The van der Waals surface area contributed by atoms with E-state index in [1.54, 1.807) is 7.11 Å². The van der Waals surface area contributed by atoms with E-state index in [9.17, 15) is 0 Å². The smallest absolute Gasteiger partial charge is 0.191 e. The third-order valence-corrected chi connectivity index (χ3v) is 4.65. The Morgan fingerprint density at radius 2 is 1.81 bits per heavy atom. The van der Waals surface area contributed by atoms with Gasteiger partial charge in [0.15, 0.2) is 5.96 Å². The maximum Gasteiger partial charge on any atom is 0.191 e. The van der Waals surface area contributed by atoms with Crippen molar-refractivity contribution in [1.29, 1.82) is 0 Å². The quantitative estimate of drug-likeness (QED) is 0.359. The number of nitrogens with zero attached hydrogens (tertiary/aromatic N) is 3. The number of nitrogens with one attached hydrogen (secondary N) is 2. The molecule has 1 aliphatic rings. The minimum absolute atomic E-state index is 0. The van der Waals surface area contributed by atoms with Crippen LogP contribution in [0.4, 0.5) is 0 Å². The molecule has 1 saturated heterocycles. The lowest BCUT2D eigenvalue weighted by Crippen LogP contribution is -2.52. The fraction of sp³-hybridized carbons (Fsp3) is 0.632. The second-order valence-electron chi connectivity index (χ2n) is 6.61. The van der Waals surface area contributed by atoms with Crippen LogP contribution in [-0.2, 0) is 6.54 Å². The summed E-state index contributed by atoms with van der Waals surface area (Å²) >= 11 is 0. The zero-order chi connectivity index (χ0) is 18.1. The summed E-state index contributed by atoms with van der Waals surface area (Å²) in [5, 5.41) is 6.81. The predicted octanol–water partition coefficient (Wildman–Crippen LogP) is 2.00. The second-order valence-corrected chi connectivity index (χ2v) is 6.61. The maximum atomic E-state index is 5.19. The molecule has 2 rings (SSSR count). The number of guanidine groups is 1. The molecule has 7 heteroatoms. The summed E-state index contributed by atoms with van der Waals surface area (Å²) in [6.45, 7) is 11.4. The van der Waals surface area contributed by atoms with Crippen LogP contribution in [0, 0.1) is 0 Å². The summed E-state index contributed by atoms with van der Waals surface area (Å²) in [6.07, 6.45) is 0. The molecule has 1 fully saturated rings. The first-order valence-corrected chi connectivity index (χ1v) is 9.20. The maximum absolute atomic E-state index is 5.19. The first kappa shape index (κ1) is 23.0. The van der Waals surface area contributed by atoms with Crippen molar-refractivity contribution in [3.63, 3.8) is 0 Å². The molecule has 1 unspecified atom stereocenters. The number of hydrogen-bond donors (Lipinski definition) is 2. The second kappa shape index (κ2) is 12.3. The molecule has 6 nitrogen and oxygen atoms in total. The van der Waals surface area contributed by atoms with Crippen molar-refractivity contribution < 1.29 is 4.74 Å². The summed E-state index contributed by atoms with van der Waals surface area (Å²) in [5.74, 6) is 1.75. The number of methoxy groups -OCH3 is 1. The SMILES string of the molecule is CCNC(=NCc1ccc(OC)cc1)NCC(C)N1CCN(C)CC1.I. The molecule has 26 heavy (non-hydrogen) atoms. The van der Waals surface area contributed by atoms with Crippen molar-refractivity contribution in [1.82, 2.24) is 20.4 Å². The van der Waals surface area contributed by atoms with Crippen molar-refractivity contribution in [2.24, 2.45) is 4.99 Å². The number of likely N-dealkylation sites (N-methyl/N-ethyl adjacent to an activating group) is 1. The van der Waals surface area contributed by atoms with E-state index < -0.39 is 0 Å². The molecule has 1 aliphatic heterocycles. The minimum Gasteiger partial charge on any atom is -0.497 e. The van der Waals surface area contributed by atoms with Crippen LogP contribution in [0.25, 0.3) is 0 Å². The molecule has 2 N–H and O–H groups in total. The van der Waals surface area contributed by atoms with Gasteiger partial charge in [-0.15, -0.1) is 24.0 Å². The van der Waals surface area contributed by atoms with Gasteiger partial charge in [0, 0.05) is 45.3 Å². The molecule has 0 radical (unpaired) electrons. The normalized spacial score (nSPS) is 17.3. The average molecular weight is 475 g/mol. The van der Waals surface area contributed by atoms with Gasteiger partial charge in [-0.25, -0.2) is 4.99 Å². The first-order valence-electron chi connectivity index (χ1n) is 9.20. The van der Waals surface area contributed by atoms with Gasteiger partial charge < -0.3 is 20.3 Å². The van der Waals surface area contributed by atoms with E-state index >= 15 is 0 Å². The van der Waals surface area contributed by atoms with Gasteiger partial charge in [-0.05, 0) is 38.6 Å². The molecule has 148 valence electrons. The van der Waals surface area contributed by atoms with Crippen molar-refractivity contribution >= 4 is 29.9 Å². The Morgan fingerprint density at radius 3 is 2.38 bits per heavy atom. The summed E-state index contributed by atoms with van der Waals surface area (Å²) < 4.78 is 5.19. The fourth-order valence-corrected chi connectivity index (χ4v) is 2.88. The zero-order valence-corrected chi connectivity index (χ0v) is 18.8. The Hall–Kier alpha value is -1.06. The Labute approximate surface area is 175 Å². The molecule has 1 aromatic rings. The number of aliphatic imine (C=N–C) groups is 1. The number of hydrogen-bond acceptors (Lipinski definition) is 4. The third-order valence-electron chi connectivity index (χ3n) is 4.65. The summed E-state index contributed by atoms with van der Waals surface area (Å²) in [7, 11) is 3.87. The highest BCUT2D eigenvalue weighted by molar-refractivity contribution is 14.0. The molecule has 1 aromatic carbocycles. The first-order chi connectivity index (χ1) is 12.1. The number of piperazine rings is 1. The highest BCUT2D eigenvalue weighted by Gasteiger charge is 2.18. The van der Waals surface area contributed by atoms with E-state index in [2.05, 4.69) is 53.5 Å². The van der Waals surface area contributed by atoms with E-state index in [-0.39, 0.29) is 24.0 Å². The molecule has 0 bridgehead atoms. The summed E-state index contributed by atoms with van der Waals surface area (Å²) in [6, 6.07) is 8.55. The fourth-order valence-electron chi connectivity index (χ4n) is 2.88.